The van der Waals surface area contributed by atoms with Crippen LogP contribution < -0.4 is 4.90 Å². The Labute approximate surface area is 181 Å². The number of rotatable bonds is 5. The molecule has 0 saturated heterocycles. The molecule has 2 aromatic carbocycles. The summed E-state index contributed by atoms with van der Waals surface area (Å²) in [5, 5.41) is 0. The molecular formula is C27H20N4. The summed E-state index contributed by atoms with van der Waals surface area (Å²) in [7, 11) is 0. The second kappa shape index (κ2) is 8.59. The van der Waals surface area contributed by atoms with Crippen LogP contribution in [0.5, 0.6) is 0 Å². The fraction of sp³-hybridized carbons (Fsp3) is 0. The van der Waals surface area contributed by atoms with Gasteiger partial charge < -0.3 is 0 Å². The lowest BCUT2D eigenvalue weighted by Gasteiger charge is -2.25. The Morgan fingerprint density at radius 3 is 1.87 bits per heavy atom. The summed E-state index contributed by atoms with van der Waals surface area (Å²) in [5.41, 5.74) is 5.72. The van der Waals surface area contributed by atoms with E-state index in [4.69, 9.17) is 4.98 Å². The molecule has 0 fully saturated rings. The fourth-order valence-electron chi connectivity index (χ4n) is 3.53. The summed E-state index contributed by atoms with van der Waals surface area (Å²) in [6.07, 6.45) is 3.60. The molecule has 5 aromatic rings. The molecule has 0 aliphatic rings. The van der Waals surface area contributed by atoms with Crippen LogP contribution in [-0.4, -0.2) is 15.0 Å². The van der Waals surface area contributed by atoms with Crippen LogP contribution in [0.1, 0.15) is 0 Å². The van der Waals surface area contributed by atoms with Crippen molar-refractivity contribution in [3.05, 3.63) is 122 Å². The Morgan fingerprint density at radius 1 is 0.484 bits per heavy atom. The van der Waals surface area contributed by atoms with Crippen LogP contribution in [0.2, 0.25) is 0 Å². The minimum atomic E-state index is 0.826. The Morgan fingerprint density at radius 2 is 1.13 bits per heavy atom. The molecule has 4 nitrogen and oxygen atoms in total. The van der Waals surface area contributed by atoms with E-state index in [1.165, 1.54) is 0 Å². The van der Waals surface area contributed by atoms with Crippen LogP contribution in [0.25, 0.3) is 22.6 Å². The average Bonchev–Trinajstić information content (AvgIpc) is 2.86. The minimum Gasteiger partial charge on any atom is -0.295 e. The highest BCUT2D eigenvalue weighted by Crippen LogP contribution is 2.35. The van der Waals surface area contributed by atoms with Crippen LogP contribution in [0, 0.1) is 0 Å². The maximum atomic E-state index is 4.95. The summed E-state index contributed by atoms with van der Waals surface area (Å²) in [5.74, 6) is 0.826. The van der Waals surface area contributed by atoms with Gasteiger partial charge in [-0.25, -0.2) is 4.98 Å². The molecule has 0 saturated carbocycles. The number of pyridine rings is 3. The van der Waals surface area contributed by atoms with E-state index < -0.39 is 0 Å². The highest BCUT2D eigenvalue weighted by Gasteiger charge is 2.15. The summed E-state index contributed by atoms with van der Waals surface area (Å²) in [6, 6.07) is 36.5. The molecule has 0 aliphatic carbocycles. The molecule has 0 amide bonds. The summed E-state index contributed by atoms with van der Waals surface area (Å²) < 4.78 is 0. The molecule has 0 unspecified atom stereocenters. The molecule has 0 atom stereocenters. The average molecular weight is 400 g/mol. The highest BCUT2D eigenvalue weighted by molar-refractivity contribution is 5.78. The van der Waals surface area contributed by atoms with Crippen molar-refractivity contribution in [1.29, 1.82) is 0 Å². The first-order valence-corrected chi connectivity index (χ1v) is 10.1. The number of para-hydroxylation sites is 1. The van der Waals surface area contributed by atoms with E-state index in [1.807, 2.05) is 79.0 Å². The summed E-state index contributed by atoms with van der Waals surface area (Å²) >= 11 is 0. The van der Waals surface area contributed by atoms with Gasteiger partial charge in [0.25, 0.3) is 0 Å². The Balaban J connectivity index is 1.63. The van der Waals surface area contributed by atoms with Crippen molar-refractivity contribution in [2.24, 2.45) is 0 Å². The van der Waals surface area contributed by atoms with Crippen molar-refractivity contribution in [3.8, 4) is 22.6 Å². The summed E-state index contributed by atoms with van der Waals surface area (Å²) in [4.78, 5) is 16.1. The molecule has 3 aromatic heterocycles. The first-order chi connectivity index (χ1) is 15.4. The van der Waals surface area contributed by atoms with E-state index in [2.05, 4.69) is 51.3 Å². The van der Waals surface area contributed by atoms with Gasteiger partial charge in [0.1, 0.15) is 5.82 Å². The Hall–Kier alpha value is -4.31. The van der Waals surface area contributed by atoms with Gasteiger partial charge in [-0.1, -0.05) is 48.5 Å². The third-order valence-electron chi connectivity index (χ3n) is 4.97. The topological polar surface area (TPSA) is 41.9 Å². The van der Waals surface area contributed by atoms with Gasteiger partial charge in [-0.2, -0.15) is 0 Å². The van der Waals surface area contributed by atoms with E-state index in [9.17, 15) is 0 Å². The van der Waals surface area contributed by atoms with E-state index in [0.717, 1.165) is 39.8 Å². The fourth-order valence-corrected chi connectivity index (χ4v) is 3.53. The van der Waals surface area contributed by atoms with Gasteiger partial charge in [-0.15, -0.1) is 0 Å². The van der Waals surface area contributed by atoms with E-state index >= 15 is 0 Å². The van der Waals surface area contributed by atoms with Gasteiger partial charge in [-0.05, 0) is 60.7 Å². The monoisotopic (exact) mass is 400 g/mol. The van der Waals surface area contributed by atoms with Crippen LogP contribution in [0.15, 0.2) is 122 Å². The first-order valence-electron chi connectivity index (χ1n) is 10.1. The molecule has 0 radical (unpaired) electrons. The third-order valence-corrected chi connectivity index (χ3v) is 4.97. The van der Waals surface area contributed by atoms with Gasteiger partial charge in [0.15, 0.2) is 0 Å². The third kappa shape index (κ3) is 4.05. The molecule has 31 heavy (non-hydrogen) atoms. The maximum Gasteiger partial charge on any atom is 0.138 e. The molecule has 4 heteroatoms. The lowest BCUT2D eigenvalue weighted by molar-refractivity contribution is 1.17. The zero-order valence-corrected chi connectivity index (χ0v) is 16.8. The molecule has 148 valence electrons. The summed E-state index contributed by atoms with van der Waals surface area (Å²) in [6.45, 7) is 0. The van der Waals surface area contributed by atoms with Crippen molar-refractivity contribution in [1.82, 2.24) is 15.0 Å². The van der Waals surface area contributed by atoms with Crippen LogP contribution in [-0.2, 0) is 0 Å². The molecule has 3 heterocycles. The minimum absolute atomic E-state index is 0.826. The number of hydrogen-bond acceptors (Lipinski definition) is 4. The molecule has 0 spiro atoms. The number of hydrogen-bond donors (Lipinski definition) is 0. The zero-order chi connectivity index (χ0) is 20.9. The van der Waals surface area contributed by atoms with E-state index in [1.54, 1.807) is 6.20 Å². The molecule has 0 N–H and O–H groups in total. The number of aromatic nitrogens is 3. The standard InChI is InChI=1S/C27H20N4/c1-2-11-22(12-3-1)31(23-13-8-10-21(20-23)24-14-4-6-18-28-24)27-17-9-16-26(30-27)25-15-5-7-19-29-25/h1-20H. The van der Waals surface area contributed by atoms with Gasteiger partial charge in [0.2, 0.25) is 0 Å². The van der Waals surface area contributed by atoms with Crippen LogP contribution in [0.3, 0.4) is 0 Å². The normalized spacial score (nSPS) is 10.6. The second-order valence-electron chi connectivity index (χ2n) is 7.03. The number of nitrogens with zero attached hydrogens (tertiary/aromatic N) is 4. The van der Waals surface area contributed by atoms with Gasteiger partial charge in [0, 0.05) is 29.3 Å². The van der Waals surface area contributed by atoms with Crippen molar-refractivity contribution in [2.75, 3.05) is 4.90 Å². The van der Waals surface area contributed by atoms with Crippen LogP contribution >= 0.6 is 0 Å². The smallest absolute Gasteiger partial charge is 0.138 e. The van der Waals surface area contributed by atoms with Crippen molar-refractivity contribution in [3.63, 3.8) is 0 Å². The van der Waals surface area contributed by atoms with Crippen molar-refractivity contribution >= 4 is 17.2 Å². The SMILES string of the molecule is c1ccc(N(c2cccc(-c3ccccn3)c2)c2cccc(-c3ccccn3)n2)cc1. The lowest BCUT2D eigenvalue weighted by Crippen LogP contribution is -2.12. The highest BCUT2D eigenvalue weighted by atomic mass is 15.2. The lowest BCUT2D eigenvalue weighted by atomic mass is 10.1. The van der Waals surface area contributed by atoms with Crippen molar-refractivity contribution < 1.29 is 0 Å². The largest absolute Gasteiger partial charge is 0.295 e. The van der Waals surface area contributed by atoms with Crippen LogP contribution in [0.4, 0.5) is 17.2 Å². The Kier molecular flexibility index (Phi) is 5.18. The van der Waals surface area contributed by atoms with Gasteiger partial charge in [-0.3, -0.25) is 14.9 Å². The van der Waals surface area contributed by atoms with Crippen molar-refractivity contribution in [2.45, 2.75) is 0 Å². The first kappa shape index (κ1) is 18.7. The quantitative estimate of drug-likeness (QED) is 0.330. The second-order valence-corrected chi connectivity index (χ2v) is 7.03. The number of benzene rings is 2. The van der Waals surface area contributed by atoms with E-state index in [0.29, 0.717) is 0 Å². The predicted molar refractivity (Wildman–Crippen MR) is 125 cm³/mol. The number of anilines is 3. The molecule has 5 rings (SSSR count). The molecular weight excluding hydrogens is 380 g/mol. The Bertz CT molecular complexity index is 1190. The predicted octanol–water partition coefficient (Wildman–Crippen LogP) is 6.68. The van der Waals surface area contributed by atoms with Gasteiger partial charge >= 0.3 is 0 Å². The maximum absolute atomic E-state index is 4.95. The molecule has 0 bridgehead atoms. The van der Waals surface area contributed by atoms with E-state index in [-0.39, 0.29) is 0 Å². The van der Waals surface area contributed by atoms with Gasteiger partial charge in [0.05, 0.1) is 17.1 Å². The molecule has 0 aliphatic heterocycles. The zero-order valence-electron chi connectivity index (χ0n) is 16.8.